The molecule has 2 rings (SSSR count). The molecule has 0 aliphatic carbocycles. The lowest BCUT2D eigenvalue weighted by molar-refractivity contribution is -0.0497. The Bertz CT molecular complexity index is 569. The van der Waals surface area contributed by atoms with Gasteiger partial charge in [-0.2, -0.15) is 8.78 Å². The van der Waals surface area contributed by atoms with E-state index < -0.39 is 6.61 Å². The molecule has 0 heterocycles. The smallest absolute Gasteiger partial charge is 0.387 e. The maximum Gasteiger partial charge on any atom is 0.387 e. The molecule has 0 saturated carbocycles. The molecule has 2 aromatic rings. The standard InChI is InChI=1S/C15H15ClF2O/c1-9(2)14(16)12-4-3-11-8-13(19-15(17)18)6-5-10(11)7-12/h3-9,14-15H,1-2H3. The van der Waals surface area contributed by atoms with Gasteiger partial charge in [0, 0.05) is 0 Å². The molecular weight excluding hydrogens is 270 g/mol. The molecule has 0 aliphatic rings. The fraction of sp³-hybridized carbons (Fsp3) is 0.333. The number of hydrogen-bond acceptors (Lipinski definition) is 1. The summed E-state index contributed by atoms with van der Waals surface area (Å²) in [4.78, 5) is 0. The van der Waals surface area contributed by atoms with Gasteiger partial charge in [0.05, 0.1) is 5.38 Å². The normalized spacial score (nSPS) is 13.2. The Kier molecular flexibility index (Phi) is 4.25. The molecule has 0 spiro atoms. The van der Waals surface area contributed by atoms with Crippen LogP contribution in [0.4, 0.5) is 8.78 Å². The van der Waals surface area contributed by atoms with Gasteiger partial charge in [-0.3, -0.25) is 0 Å². The molecule has 0 N–H and O–H groups in total. The van der Waals surface area contributed by atoms with Crippen molar-refractivity contribution < 1.29 is 13.5 Å². The first-order valence-electron chi connectivity index (χ1n) is 6.10. The minimum Gasteiger partial charge on any atom is -0.435 e. The van der Waals surface area contributed by atoms with Crippen molar-refractivity contribution in [3.05, 3.63) is 42.0 Å². The molecule has 4 heteroatoms. The van der Waals surface area contributed by atoms with E-state index in [2.05, 4.69) is 18.6 Å². The van der Waals surface area contributed by atoms with Gasteiger partial charge in [-0.1, -0.05) is 32.0 Å². The van der Waals surface area contributed by atoms with E-state index in [-0.39, 0.29) is 11.1 Å². The van der Waals surface area contributed by atoms with Gasteiger partial charge in [0.25, 0.3) is 0 Å². The minimum atomic E-state index is -2.80. The fourth-order valence-corrected chi connectivity index (χ4v) is 2.11. The van der Waals surface area contributed by atoms with Crippen LogP contribution in [0.2, 0.25) is 0 Å². The lowest BCUT2D eigenvalue weighted by Gasteiger charge is -2.14. The van der Waals surface area contributed by atoms with Crippen LogP contribution in [0, 0.1) is 5.92 Å². The first kappa shape index (κ1) is 14.1. The number of benzene rings is 2. The summed E-state index contributed by atoms with van der Waals surface area (Å²) in [5.74, 6) is 0.502. The van der Waals surface area contributed by atoms with Gasteiger partial charge in [-0.15, -0.1) is 11.6 Å². The second-order valence-electron chi connectivity index (χ2n) is 4.79. The second kappa shape index (κ2) is 5.74. The van der Waals surface area contributed by atoms with Crippen LogP contribution in [0.25, 0.3) is 10.8 Å². The number of halogens is 3. The summed E-state index contributed by atoms with van der Waals surface area (Å²) in [6.45, 7) is 1.31. The van der Waals surface area contributed by atoms with Crippen LogP contribution in [0.15, 0.2) is 36.4 Å². The van der Waals surface area contributed by atoms with E-state index in [0.29, 0.717) is 5.92 Å². The maximum atomic E-state index is 12.1. The molecule has 1 unspecified atom stereocenters. The molecule has 102 valence electrons. The third kappa shape index (κ3) is 3.35. The Labute approximate surface area is 116 Å². The van der Waals surface area contributed by atoms with Gasteiger partial charge < -0.3 is 4.74 Å². The van der Waals surface area contributed by atoms with E-state index in [1.807, 2.05) is 18.2 Å². The molecule has 2 aromatic carbocycles. The Morgan fingerprint density at radius 1 is 1.00 bits per heavy atom. The van der Waals surface area contributed by atoms with Crippen LogP contribution in [0.5, 0.6) is 5.75 Å². The molecule has 0 amide bonds. The highest BCUT2D eigenvalue weighted by Crippen LogP contribution is 2.31. The minimum absolute atomic E-state index is 0.0543. The van der Waals surface area contributed by atoms with Crippen LogP contribution >= 0.6 is 11.6 Å². The number of fused-ring (bicyclic) bond motifs is 1. The van der Waals surface area contributed by atoms with E-state index >= 15 is 0 Å². The van der Waals surface area contributed by atoms with E-state index in [4.69, 9.17) is 11.6 Å². The van der Waals surface area contributed by atoms with Crippen molar-refractivity contribution in [2.45, 2.75) is 25.8 Å². The van der Waals surface area contributed by atoms with Gasteiger partial charge in [-0.25, -0.2) is 0 Å². The molecule has 19 heavy (non-hydrogen) atoms. The largest absolute Gasteiger partial charge is 0.435 e. The Balaban J connectivity index is 2.35. The van der Waals surface area contributed by atoms with Crippen molar-refractivity contribution in [1.29, 1.82) is 0 Å². The molecule has 1 atom stereocenters. The van der Waals surface area contributed by atoms with Crippen molar-refractivity contribution in [3.8, 4) is 5.75 Å². The van der Waals surface area contributed by atoms with Crippen molar-refractivity contribution >= 4 is 22.4 Å². The zero-order valence-electron chi connectivity index (χ0n) is 10.7. The predicted octanol–water partition coefficient (Wildman–Crippen LogP) is 5.38. The van der Waals surface area contributed by atoms with Crippen LogP contribution in [0.3, 0.4) is 0 Å². The van der Waals surface area contributed by atoms with Crippen LogP contribution in [0.1, 0.15) is 24.8 Å². The van der Waals surface area contributed by atoms with Crippen LogP contribution in [-0.4, -0.2) is 6.61 Å². The number of ether oxygens (including phenoxy) is 1. The van der Waals surface area contributed by atoms with Gasteiger partial charge in [0.1, 0.15) is 5.75 Å². The second-order valence-corrected chi connectivity index (χ2v) is 5.26. The lowest BCUT2D eigenvalue weighted by atomic mass is 9.99. The number of alkyl halides is 3. The number of hydrogen-bond donors (Lipinski definition) is 0. The highest BCUT2D eigenvalue weighted by molar-refractivity contribution is 6.21. The summed E-state index contributed by atoms with van der Waals surface area (Å²) >= 11 is 6.32. The third-order valence-corrected chi connectivity index (χ3v) is 3.72. The Morgan fingerprint density at radius 3 is 2.26 bits per heavy atom. The zero-order chi connectivity index (χ0) is 14.0. The molecule has 0 aromatic heterocycles. The SMILES string of the molecule is CC(C)C(Cl)c1ccc2cc(OC(F)F)ccc2c1. The Hall–Kier alpha value is -1.35. The third-order valence-electron chi connectivity index (χ3n) is 2.96. The van der Waals surface area contributed by atoms with Crippen molar-refractivity contribution in [2.24, 2.45) is 5.92 Å². The lowest BCUT2D eigenvalue weighted by Crippen LogP contribution is -2.01. The molecule has 0 aliphatic heterocycles. The summed E-state index contributed by atoms with van der Waals surface area (Å²) in [7, 11) is 0. The topological polar surface area (TPSA) is 9.23 Å². The summed E-state index contributed by atoms with van der Waals surface area (Å²) in [6, 6.07) is 10.7. The summed E-state index contributed by atoms with van der Waals surface area (Å²) < 4.78 is 28.7. The number of rotatable bonds is 4. The van der Waals surface area contributed by atoms with Gasteiger partial charge in [-0.05, 0) is 40.5 Å². The molecule has 0 saturated heterocycles. The molecule has 1 nitrogen and oxygen atoms in total. The van der Waals surface area contributed by atoms with E-state index in [0.717, 1.165) is 16.3 Å². The molecular formula is C15H15ClF2O. The van der Waals surface area contributed by atoms with E-state index in [1.54, 1.807) is 12.1 Å². The van der Waals surface area contributed by atoms with E-state index in [1.165, 1.54) is 6.07 Å². The van der Waals surface area contributed by atoms with Gasteiger partial charge in [0.15, 0.2) is 0 Å². The molecule has 0 bridgehead atoms. The fourth-order valence-electron chi connectivity index (χ4n) is 1.97. The summed E-state index contributed by atoms with van der Waals surface area (Å²) in [6.07, 6.45) is 0. The van der Waals surface area contributed by atoms with Crippen molar-refractivity contribution in [2.75, 3.05) is 0 Å². The van der Waals surface area contributed by atoms with Gasteiger partial charge >= 0.3 is 6.61 Å². The van der Waals surface area contributed by atoms with Gasteiger partial charge in [0.2, 0.25) is 0 Å². The summed E-state index contributed by atoms with van der Waals surface area (Å²) in [5, 5.41) is 1.77. The quantitative estimate of drug-likeness (QED) is 0.685. The average molecular weight is 285 g/mol. The first-order valence-corrected chi connectivity index (χ1v) is 6.53. The predicted molar refractivity (Wildman–Crippen MR) is 74.0 cm³/mol. The van der Waals surface area contributed by atoms with Crippen molar-refractivity contribution in [1.82, 2.24) is 0 Å². The highest BCUT2D eigenvalue weighted by atomic mass is 35.5. The average Bonchev–Trinajstić information content (AvgIpc) is 2.36. The summed E-state index contributed by atoms with van der Waals surface area (Å²) in [5.41, 5.74) is 1.03. The van der Waals surface area contributed by atoms with Crippen LogP contribution in [-0.2, 0) is 0 Å². The van der Waals surface area contributed by atoms with Crippen LogP contribution < -0.4 is 4.74 Å². The monoisotopic (exact) mass is 284 g/mol. The zero-order valence-corrected chi connectivity index (χ0v) is 11.5. The van der Waals surface area contributed by atoms with E-state index in [9.17, 15) is 8.78 Å². The first-order chi connectivity index (χ1) is 8.97. The van der Waals surface area contributed by atoms with Crippen molar-refractivity contribution in [3.63, 3.8) is 0 Å². The molecule has 0 fully saturated rings. The maximum absolute atomic E-state index is 12.1. The molecule has 0 radical (unpaired) electrons. The highest BCUT2D eigenvalue weighted by Gasteiger charge is 2.13. The Morgan fingerprint density at radius 2 is 1.63 bits per heavy atom.